The number of hydrogen-bond acceptors (Lipinski definition) is 6. The van der Waals surface area contributed by atoms with Crippen molar-refractivity contribution in [2.24, 2.45) is 0 Å². The molecule has 0 amide bonds. The van der Waals surface area contributed by atoms with Crippen molar-refractivity contribution in [1.82, 2.24) is 0 Å². The Morgan fingerprint density at radius 3 is 1.13 bits per heavy atom. The highest BCUT2D eigenvalue weighted by Crippen LogP contribution is 2.13. The van der Waals surface area contributed by atoms with E-state index in [1.54, 1.807) is 0 Å². The SMILES string of the molecule is CC\C=C/C=C\C=C/CCCCCCCC(=O)OCC(COC(=O)CCCCCCCCCCC)OC(=O)CCCCCCC\C=C/C=C\C=C/CC. The van der Waals surface area contributed by atoms with E-state index in [0.717, 1.165) is 109 Å². The van der Waals surface area contributed by atoms with Crippen LogP contribution in [0.25, 0.3) is 0 Å². The van der Waals surface area contributed by atoms with E-state index >= 15 is 0 Å². The van der Waals surface area contributed by atoms with E-state index in [1.807, 2.05) is 12.2 Å². The second-order valence-corrected chi connectivity index (χ2v) is 14.0. The van der Waals surface area contributed by atoms with Gasteiger partial charge >= 0.3 is 17.9 Å². The highest BCUT2D eigenvalue weighted by Gasteiger charge is 2.19. The lowest BCUT2D eigenvalue weighted by Gasteiger charge is -2.18. The third-order valence-corrected chi connectivity index (χ3v) is 8.83. The van der Waals surface area contributed by atoms with E-state index in [1.165, 1.54) is 38.5 Å². The fraction of sp³-hybridized carbons (Fsp3) is 0.681. The number of esters is 3. The van der Waals surface area contributed by atoms with Crippen molar-refractivity contribution in [1.29, 1.82) is 0 Å². The lowest BCUT2D eigenvalue weighted by molar-refractivity contribution is -0.167. The Hall–Kier alpha value is -3.15. The molecule has 0 radical (unpaired) electrons. The second-order valence-electron chi connectivity index (χ2n) is 14.0. The van der Waals surface area contributed by atoms with Gasteiger partial charge in [0.15, 0.2) is 6.10 Å². The Morgan fingerprint density at radius 1 is 0.396 bits per heavy atom. The van der Waals surface area contributed by atoms with E-state index in [-0.39, 0.29) is 31.1 Å². The maximum atomic E-state index is 12.7. The molecule has 302 valence electrons. The number of carbonyl (C=O) groups is 3. The average molecular weight is 739 g/mol. The minimum absolute atomic E-state index is 0.0907. The van der Waals surface area contributed by atoms with Crippen molar-refractivity contribution in [2.75, 3.05) is 13.2 Å². The van der Waals surface area contributed by atoms with Gasteiger partial charge in [0.25, 0.3) is 0 Å². The molecular weight excluding hydrogens is 661 g/mol. The normalized spacial score (nSPS) is 12.7. The summed E-state index contributed by atoms with van der Waals surface area (Å²) in [7, 11) is 0. The van der Waals surface area contributed by atoms with Gasteiger partial charge in [-0.25, -0.2) is 0 Å². The zero-order valence-corrected chi connectivity index (χ0v) is 34.3. The number of ether oxygens (including phenoxy) is 3. The fourth-order valence-corrected chi connectivity index (χ4v) is 5.62. The molecule has 0 aliphatic carbocycles. The zero-order chi connectivity index (χ0) is 38.7. The third kappa shape index (κ3) is 39.9. The van der Waals surface area contributed by atoms with E-state index in [4.69, 9.17) is 14.2 Å². The van der Waals surface area contributed by atoms with Crippen molar-refractivity contribution in [3.63, 3.8) is 0 Å². The number of unbranched alkanes of at least 4 members (excludes halogenated alkanes) is 18. The smallest absolute Gasteiger partial charge is 0.306 e. The van der Waals surface area contributed by atoms with Gasteiger partial charge in [0.05, 0.1) is 0 Å². The van der Waals surface area contributed by atoms with E-state index in [2.05, 4.69) is 81.5 Å². The van der Waals surface area contributed by atoms with Gasteiger partial charge in [0.2, 0.25) is 0 Å². The molecule has 0 saturated carbocycles. The van der Waals surface area contributed by atoms with Crippen molar-refractivity contribution in [3.05, 3.63) is 72.9 Å². The van der Waals surface area contributed by atoms with Crippen LogP contribution in [0.4, 0.5) is 0 Å². The van der Waals surface area contributed by atoms with Crippen molar-refractivity contribution < 1.29 is 28.6 Å². The van der Waals surface area contributed by atoms with Gasteiger partial charge in [-0.2, -0.15) is 0 Å². The highest BCUT2D eigenvalue weighted by atomic mass is 16.6. The summed E-state index contributed by atoms with van der Waals surface area (Å²) in [5.41, 5.74) is 0. The first kappa shape index (κ1) is 49.9. The summed E-state index contributed by atoms with van der Waals surface area (Å²) in [4.78, 5) is 37.6. The highest BCUT2D eigenvalue weighted by molar-refractivity contribution is 5.71. The molecule has 0 saturated heterocycles. The Balaban J connectivity index is 4.45. The minimum Gasteiger partial charge on any atom is -0.462 e. The molecule has 6 nitrogen and oxygen atoms in total. The Labute approximate surface area is 325 Å². The summed E-state index contributed by atoms with van der Waals surface area (Å²) < 4.78 is 16.6. The summed E-state index contributed by atoms with van der Waals surface area (Å²) in [6.07, 6.45) is 50.3. The van der Waals surface area contributed by atoms with Gasteiger partial charge in [-0.1, -0.05) is 184 Å². The van der Waals surface area contributed by atoms with Gasteiger partial charge in [-0.15, -0.1) is 0 Å². The molecule has 0 aliphatic rings. The molecule has 1 unspecified atom stereocenters. The first-order valence-corrected chi connectivity index (χ1v) is 21.5. The molecule has 0 aromatic carbocycles. The number of hydrogen-bond donors (Lipinski definition) is 0. The third-order valence-electron chi connectivity index (χ3n) is 8.83. The summed E-state index contributed by atoms with van der Waals surface area (Å²) in [5.74, 6) is -0.944. The van der Waals surface area contributed by atoms with Gasteiger partial charge in [-0.05, 0) is 57.8 Å². The van der Waals surface area contributed by atoms with Crippen LogP contribution in [-0.2, 0) is 28.6 Å². The first-order valence-electron chi connectivity index (χ1n) is 21.5. The van der Waals surface area contributed by atoms with Gasteiger partial charge in [0, 0.05) is 19.3 Å². The standard InChI is InChI=1S/C47H78O6/c1-4-7-10-13-16-19-21-23-25-28-31-34-37-40-46(49)52-43-44(42-51-45(48)39-36-33-30-27-18-15-12-9-6-3)53-47(50)41-38-35-32-29-26-24-22-20-17-14-11-8-5-2/h7-8,10-11,13-14,16-17,19-22,44H,4-6,9,12,15,18,23-43H2,1-3H3/b10-7-,11-8-,16-13-,17-14-,21-19-,22-20-. The topological polar surface area (TPSA) is 78.9 Å². The van der Waals surface area contributed by atoms with Gasteiger partial charge in [0.1, 0.15) is 13.2 Å². The van der Waals surface area contributed by atoms with Crippen molar-refractivity contribution in [2.45, 2.75) is 194 Å². The lowest BCUT2D eigenvalue weighted by atomic mass is 10.1. The van der Waals surface area contributed by atoms with E-state index in [9.17, 15) is 14.4 Å². The molecule has 0 N–H and O–H groups in total. The van der Waals surface area contributed by atoms with Crippen LogP contribution in [-0.4, -0.2) is 37.2 Å². The molecule has 0 aromatic heterocycles. The van der Waals surface area contributed by atoms with Crippen molar-refractivity contribution >= 4 is 17.9 Å². The number of carbonyl (C=O) groups excluding carboxylic acids is 3. The van der Waals surface area contributed by atoms with Crippen LogP contribution >= 0.6 is 0 Å². The van der Waals surface area contributed by atoms with Crippen molar-refractivity contribution in [3.8, 4) is 0 Å². The van der Waals surface area contributed by atoms with E-state index in [0.29, 0.717) is 19.3 Å². The Bertz CT molecular complexity index is 1030. The largest absolute Gasteiger partial charge is 0.462 e. The number of rotatable bonds is 37. The molecule has 0 aromatic rings. The van der Waals surface area contributed by atoms with Gasteiger partial charge < -0.3 is 14.2 Å². The van der Waals surface area contributed by atoms with Crippen LogP contribution in [0.2, 0.25) is 0 Å². The van der Waals surface area contributed by atoms with Crippen LogP contribution in [0.15, 0.2) is 72.9 Å². The molecular formula is C47H78O6. The molecule has 0 fully saturated rings. The molecule has 0 aliphatic heterocycles. The van der Waals surface area contributed by atoms with Crippen LogP contribution in [0.3, 0.4) is 0 Å². The lowest BCUT2D eigenvalue weighted by Crippen LogP contribution is -2.30. The summed E-state index contributed by atoms with van der Waals surface area (Å²) in [5, 5.41) is 0. The molecule has 1 atom stereocenters. The van der Waals surface area contributed by atoms with Crippen LogP contribution in [0.1, 0.15) is 188 Å². The molecule has 6 heteroatoms. The molecule has 0 rings (SSSR count). The van der Waals surface area contributed by atoms with Crippen LogP contribution in [0.5, 0.6) is 0 Å². The molecule has 53 heavy (non-hydrogen) atoms. The molecule has 0 spiro atoms. The predicted octanol–water partition coefficient (Wildman–Crippen LogP) is 13.5. The minimum atomic E-state index is -0.789. The first-order chi connectivity index (χ1) is 26.0. The summed E-state index contributed by atoms with van der Waals surface area (Å²) >= 11 is 0. The fourth-order valence-electron chi connectivity index (χ4n) is 5.62. The monoisotopic (exact) mass is 739 g/mol. The number of allylic oxidation sites excluding steroid dienone is 12. The molecule has 0 bridgehead atoms. The predicted molar refractivity (Wildman–Crippen MR) is 224 cm³/mol. The quantitative estimate of drug-likeness (QED) is 0.0273. The Morgan fingerprint density at radius 2 is 0.736 bits per heavy atom. The Kier molecular flexibility index (Phi) is 39.1. The maximum absolute atomic E-state index is 12.7. The second kappa shape index (κ2) is 41.6. The zero-order valence-electron chi connectivity index (χ0n) is 34.3. The van der Waals surface area contributed by atoms with Crippen LogP contribution in [0, 0.1) is 0 Å². The maximum Gasteiger partial charge on any atom is 0.306 e. The summed E-state index contributed by atoms with van der Waals surface area (Å²) in [6.45, 7) is 6.29. The average Bonchev–Trinajstić information content (AvgIpc) is 3.15. The van der Waals surface area contributed by atoms with E-state index < -0.39 is 6.10 Å². The van der Waals surface area contributed by atoms with Crippen LogP contribution < -0.4 is 0 Å². The van der Waals surface area contributed by atoms with Gasteiger partial charge in [-0.3, -0.25) is 14.4 Å². The summed E-state index contributed by atoms with van der Waals surface area (Å²) in [6, 6.07) is 0. The molecule has 0 heterocycles.